The predicted octanol–water partition coefficient (Wildman–Crippen LogP) is 0.603. The summed E-state index contributed by atoms with van der Waals surface area (Å²) in [4.78, 5) is 22.4. The van der Waals surface area contributed by atoms with Crippen molar-refractivity contribution in [2.45, 2.75) is 6.42 Å². The smallest absolute Gasteiger partial charge is 0.337 e. The Labute approximate surface area is 105 Å². The van der Waals surface area contributed by atoms with E-state index in [0.29, 0.717) is 29.9 Å². The Hall–Kier alpha value is -2.24. The highest BCUT2D eigenvalue weighted by atomic mass is 16.5. The number of nitrogen functional groups attached to an aromatic ring is 1. The minimum atomic E-state index is -0.427. The number of nitrogens with two attached hydrogens (primary N) is 1. The number of hydrogen-bond acceptors (Lipinski definition) is 5. The van der Waals surface area contributed by atoms with E-state index in [0.717, 1.165) is 0 Å². The van der Waals surface area contributed by atoms with Gasteiger partial charge in [0, 0.05) is 20.0 Å². The molecule has 6 heteroatoms. The van der Waals surface area contributed by atoms with Gasteiger partial charge in [-0.1, -0.05) is 0 Å². The molecule has 1 aromatic rings. The van der Waals surface area contributed by atoms with E-state index in [9.17, 15) is 9.59 Å². The van der Waals surface area contributed by atoms with E-state index in [4.69, 9.17) is 5.73 Å². The Balaban J connectivity index is 2.69. The van der Waals surface area contributed by atoms with Crippen molar-refractivity contribution in [1.29, 1.82) is 0 Å². The van der Waals surface area contributed by atoms with Crippen LogP contribution in [0.1, 0.15) is 16.8 Å². The Morgan fingerprint density at radius 2 is 2.11 bits per heavy atom. The summed E-state index contributed by atoms with van der Waals surface area (Å²) < 4.78 is 4.62. The van der Waals surface area contributed by atoms with Crippen LogP contribution in [0, 0.1) is 0 Å². The fourth-order valence-corrected chi connectivity index (χ4v) is 1.39. The van der Waals surface area contributed by atoms with E-state index < -0.39 is 5.97 Å². The van der Waals surface area contributed by atoms with Gasteiger partial charge in [-0.05, 0) is 18.2 Å². The molecule has 0 aliphatic rings. The number of carbonyl (C=O) groups excluding carboxylic acids is 2. The maximum absolute atomic E-state index is 11.4. The van der Waals surface area contributed by atoms with Crippen molar-refractivity contribution in [1.82, 2.24) is 5.32 Å². The molecule has 0 aromatic heterocycles. The fourth-order valence-electron chi connectivity index (χ4n) is 1.39. The van der Waals surface area contributed by atoms with Gasteiger partial charge in [-0.15, -0.1) is 0 Å². The van der Waals surface area contributed by atoms with Gasteiger partial charge in [0.2, 0.25) is 5.91 Å². The van der Waals surface area contributed by atoms with Gasteiger partial charge in [0.15, 0.2) is 0 Å². The number of methoxy groups -OCH3 is 1. The van der Waals surface area contributed by atoms with Crippen LogP contribution in [0.5, 0.6) is 0 Å². The molecule has 0 aliphatic carbocycles. The van der Waals surface area contributed by atoms with Crippen LogP contribution in [0.4, 0.5) is 11.4 Å². The standard InChI is InChI=1S/C12H17N3O3/c1-14-11(16)5-6-15-10-7-8(12(17)18-2)3-4-9(10)13/h3-4,7,15H,5-6,13H2,1-2H3,(H,14,16). The van der Waals surface area contributed by atoms with Crippen molar-refractivity contribution in [3.8, 4) is 0 Å². The summed E-state index contributed by atoms with van der Waals surface area (Å²) in [6.07, 6.45) is 0.332. The zero-order valence-electron chi connectivity index (χ0n) is 10.4. The molecule has 0 unspecified atom stereocenters. The molecular formula is C12H17N3O3. The van der Waals surface area contributed by atoms with E-state index in [2.05, 4.69) is 15.4 Å². The van der Waals surface area contributed by atoms with Gasteiger partial charge in [-0.2, -0.15) is 0 Å². The molecule has 4 N–H and O–H groups in total. The molecule has 1 amide bonds. The van der Waals surface area contributed by atoms with Gasteiger partial charge < -0.3 is 21.1 Å². The van der Waals surface area contributed by atoms with Gasteiger partial charge in [0.25, 0.3) is 0 Å². The summed E-state index contributed by atoms with van der Waals surface area (Å²) in [6, 6.07) is 4.81. The van der Waals surface area contributed by atoms with Crippen LogP contribution < -0.4 is 16.4 Å². The van der Waals surface area contributed by atoms with E-state index in [1.165, 1.54) is 7.11 Å². The predicted molar refractivity (Wildman–Crippen MR) is 69.4 cm³/mol. The second-order valence-electron chi connectivity index (χ2n) is 3.64. The van der Waals surface area contributed by atoms with Gasteiger partial charge in [0.1, 0.15) is 0 Å². The number of ether oxygens (including phenoxy) is 1. The number of rotatable bonds is 5. The maximum atomic E-state index is 11.4. The van der Waals surface area contributed by atoms with Crippen molar-refractivity contribution in [3.05, 3.63) is 23.8 Å². The molecule has 0 heterocycles. The Morgan fingerprint density at radius 1 is 1.39 bits per heavy atom. The topological polar surface area (TPSA) is 93.5 Å². The van der Waals surface area contributed by atoms with Crippen LogP contribution in [0.25, 0.3) is 0 Å². The van der Waals surface area contributed by atoms with Crippen LogP contribution in [-0.4, -0.2) is 32.6 Å². The third kappa shape index (κ3) is 3.65. The Kier molecular flexibility index (Phi) is 4.98. The first-order chi connectivity index (χ1) is 8.58. The minimum absolute atomic E-state index is 0.0646. The second kappa shape index (κ2) is 6.48. The average molecular weight is 251 g/mol. The van der Waals surface area contributed by atoms with Crippen molar-refractivity contribution in [3.63, 3.8) is 0 Å². The average Bonchev–Trinajstić information content (AvgIpc) is 2.39. The zero-order chi connectivity index (χ0) is 13.5. The van der Waals surface area contributed by atoms with Crippen LogP contribution in [0.2, 0.25) is 0 Å². The SMILES string of the molecule is CNC(=O)CCNc1cc(C(=O)OC)ccc1N. The number of benzene rings is 1. The summed E-state index contributed by atoms with van der Waals surface area (Å²) in [6.45, 7) is 0.439. The number of nitrogens with one attached hydrogen (secondary N) is 2. The lowest BCUT2D eigenvalue weighted by Gasteiger charge is -2.10. The highest BCUT2D eigenvalue weighted by molar-refractivity contribution is 5.92. The molecule has 0 radical (unpaired) electrons. The quantitative estimate of drug-likeness (QED) is 0.526. The highest BCUT2D eigenvalue weighted by Crippen LogP contribution is 2.20. The van der Waals surface area contributed by atoms with E-state index in [1.54, 1.807) is 25.2 Å². The lowest BCUT2D eigenvalue weighted by molar-refractivity contribution is -0.120. The number of hydrogen-bond donors (Lipinski definition) is 3. The van der Waals surface area contributed by atoms with Crippen LogP contribution in [0.3, 0.4) is 0 Å². The molecule has 1 aromatic carbocycles. The van der Waals surface area contributed by atoms with Gasteiger partial charge >= 0.3 is 5.97 Å². The molecule has 0 bridgehead atoms. The van der Waals surface area contributed by atoms with Gasteiger partial charge in [-0.25, -0.2) is 4.79 Å². The summed E-state index contributed by atoms with van der Waals surface area (Å²) >= 11 is 0. The Morgan fingerprint density at radius 3 is 2.72 bits per heavy atom. The summed E-state index contributed by atoms with van der Waals surface area (Å²) in [5.74, 6) is -0.491. The van der Waals surface area contributed by atoms with E-state index >= 15 is 0 Å². The monoisotopic (exact) mass is 251 g/mol. The maximum Gasteiger partial charge on any atom is 0.337 e. The second-order valence-corrected chi connectivity index (χ2v) is 3.64. The number of amides is 1. The van der Waals surface area contributed by atoms with E-state index in [1.807, 2.05) is 0 Å². The fraction of sp³-hybridized carbons (Fsp3) is 0.333. The largest absolute Gasteiger partial charge is 0.465 e. The number of carbonyl (C=O) groups is 2. The lowest BCUT2D eigenvalue weighted by atomic mass is 10.1. The van der Waals surface area contributed by atoms with Crippen LogP contribution >= 0.6 is 0 Å². The van der Waals surface area contributed by atoms with Crippen molar-refractivity contribution in [2.75, 3.05) is 31.8 Å². The molecule has 0 fully saturated rings. The van der Waals surface area contributed by atoms with Crippen LogP contribution in [-0.2, 0) is 9.53 Å². The lowest BCUT2D eigenvalue weighted by Crippen LogP contribution is -2.21. The first-order valence-electron chi connectivity index (χ1n) is 5.50. The highest BCUT2D eigenvalue weighted by Gasteiger charge is 2.08. The normalized spacial score (nSPS) is 9.67. The molecule has 0 saturated heterocycles. The molecular weight excluding hydrogens is 234 g/mol. The molecule has 0 spiro atoms. The van der Waals surface area contributed by atoms with Gasteiger partial charge in [-0.3, -0.25) is 4.79 Å². The van der Waals surface area contributed by atoms with E-state index in [-0.39, 0.29) is 5.91 Å². The van der Waals surface area contributed by atoms with Crippen molar-refractivity contribution < 1.29 is 14.3 Å². The minimum Gasteiger partial charge on any atom is -0.465 e. The molecule has 18 heavy (non-hydrogen) atoms. The summed E-state index contributed by atoms with van der Waals surface area (Å²) in [7, 11) is 2.89. The summed E-state index contributed by atoms with van der Waals surface area (Å²) in [5.41, 5.74) is 7.30. The molecule has 6 nitrogen and oxygen atoms in total. The molecule has 0 saturated carbocycles. The summed E-state index contributed by atoms with van der Waals surface area (Å²) in [5, 5.41) is 5.52. The zero-order valence-corrected chi connectivity index (χ0v) is 10.4. The Bertz CT molecular complexity index is 446. The number of esters is 1. The molecule has 0 aliphatic heterocycles. The number of anilines is 2. The molecule has 1 rings (SSSR count). The first-order valence-corrected chi connectivity index (χ1v) is 5.50. The van der Waals surface area contributed by atoms with Gasteiger partial charge in [0.05, 0.1) is 24.0 Å². The third-order valence-corrected chi connectivity index (χ3v) is 2.42. The van der Waals surface area contributed by atoms with Crippen molar-refractivity contribution in [2.24, 2.45) is 0 Å². The molecule has 98 valence electrons. The molecule has 0 atom stereocenters. The first kappa shape index (κ1) is 13.8. The van der Waals surface area contributed by atoms with Crippen LogP contribution in [0.15, 0.2) is 18.2 Å². The third-order valence-electron chi connectivity index (χ3n) is 2.42. The van der Waals surface area contributed by atoms with Crippen molar-refractivity contribution >= 4 is 23.3 Å².